The average Bonchev–Trinajstić information content (AvgIpc) is 2.65. The van der Waals surface area contributed by atoms with Crippen LogP contribution in [0.15, 0.2) is 12.1 Å². The molecule has 0 radical (unpaired) electrons. The van der Waals surface area contributed by atoms with Crippen LogP contribution >= 0.6 is 0 Å². The highest BCUT2D eigenvalue weighted by molar-refractivity contribution is 5.65. The maximum absolute atomic E-state index is 13.6. The van der Waals surface area contributed by atoms with Crippen molar-refractivity contribution in [2.75, 3.05) is 12.4 Å². The summed E-state index contributed by atoms with van der Waals surface area (Å²) >= 11 is 0. The first-order valence-corrected chi connectivity index (χ1v) is 7.07. The standard InChI is InChI=1S/C14H20FN3O3/c1-21-14-8-12(13(18(19)20)7-9(14)15)17-11-6-4-2-3-5-10(11)16/h7-8,10-11,17H,2-6,16H2,1H3. The van der Waals surface area contributed by atoms with E-state index >= 15 is 0 Å². The molecule has 1 aliphatic carbocycles. The number of methoxy groups -OCH3 is 1. The molecular formula is C14H20FN3O3. The molecule has 0 aliphatic heterocycles. The van der Waals surface area contributed by atoms with Gasteiger partial charge in [-0.1, -0.05) is 19.3 Å². The minimum atomic E-state index is -0.750. The molecule has 0 amide bonds. The fraction of sp³-hybridized carbons (Fsp3) is 0.571. The number of halogens is 1. The van der Waals surface area contributed by atoms with Crippen molar-refractivity contribution in [1.29, 1.82) is 0 Å². The van der Waals surface area contributed by atoms with Gasteiger partial charge in [0.2, 0.25) is 0 Å². The second-order valence-corrected chi connectivity index (χ2v) is 5.31. The van der Waals surface area contributed by atoms with Crippen LogP contribution in [0, 0.1) is 15.9 Å². The number of nitro benzene ring substituents is 1. The van der Waals surface area contributed by atoms with Gasteiger partial charge in [0.25, 0.3) is 5.69 Å². The van der Waals surface area contributed by atoms with Crippen LogP contribution in [-0.4, -0.2) is 24.1 Å². The summed E-state index contributed by atoms with van der Waals surface area (Å²) in [5.41, 5.74) is 6.07. The lowest BCUT2D eigenvalue weighted by Crippen LogP contribution is -2.39. The Morgan fingerprint density at radius 2 is 2.10 bits per heavy atom. The molecule has 21 heavy (non-hydrogen) atoms. The molecule has 6 nitrogen and oxygen atoms in total. The van der Waals surface area contributed by atoms with E-state index in [1.807, 2.05) is 0 Å². The number of hydrogen-bond donors (Lipinski definition) is 2. The largest absolute Gasteiger partial charge is 0.494 e. The molecule has 3 N–H and O–H groups in total. The zero-order valence-electron chi connectivity index (χ0n) is 12.0. The van der Waals surface area contributed by atoms with Crippen molar-refractivity contribution >= 4 is 11.4 Å². The lowest BCUT2D eigenvalue weighted by Gasteiger charge is -2.24. The van der Waals surface area contributed by atoms with Crippen LogP contribution in [0.2, 0.25) is 0 Å². The molecule has 0 spiro atoms. The molecule has 1 aliphatic rings. The van der Waals surface area contributed by atoms with Crippen LogP contribution in [-0.2, 0) is 0 Å². The molecule has 7 heteroatoms. The van der Waals surface area contributed by atoms with Gasteiger partial charge in [0.1, 0.15) is 5.69 Å². The summed E-state index contributed by atoms with van der Waals surface area (Å²) in [5.74, 6) is -0.773. The number of hydrogen-bond acceptors (Lipinski definition) is 5. The molecule has 2 unspecified atom stereocenters. The molecule has 1 saturated carbocycles. The highest BCUT2D eigenvalue weighted by Crippen LogP contribution is 2.33. The summed E-state index contributed by atoms with van der Waals surface area (Å²) in [6.45, 7) is 0. The first kappa shape index (κ1) is 15.5. The molecule has 2 atom stereocenters. The fourth-order valence-corrected chi connectivity index (χ4v) is 2.68. The third-order valence-corrected chi connectivity index (χ3v) is 3.88. The van der Waals surface area contributed by atoms with Crippen LogP contribution in [0.25, 0.3) is 0 Å². The van der Waals surface area contributed by atoms with Gasteiger partial charge in [-0.05, 0) is 12.8 Å². The fourth-order valence-electron chi connectivity index (χ4n) is 2.68. The van der Waals surface area contributed by atoms with Gasteiger partial charge >= 0.3 is 0 Å². The number of ether oxygens (including phenoxy) is 1. The highest BCUT2D eigenvalue weighted by Gasteiger charge is 2.25. The summed E-state index contributed by atoms with van der Waals surface area (Å²) in [5, 5.41) is 14.2. The maximum atomic E-state index is 13.6. The third kappa shape index (κ3) is 3.60. The molecule has 1 fully saturated rings. The smallest absolute Gasteiger partial charge is 0.295 e. The van der Waals surface area contributed by atoms with Gasteiger partial charge in [-0.25, -0.2) is 4.39 Å². The Bertz CT molecular complexity index is 524. The Balaban J connectivity index is 2.30. The van der Waals surface area contributed by atoms with Crippen molar-refractivity contribution < 1.29 is 14.1 Å². The van der Waals surface area contributed by atoms with E-state index < -0.39 is 10.7 Å². The Morgan fingerprint density at radius 1 is 1.38 bits per heavy atom. The summed E-state index contributed by atoms with van der Waals surface area (Å²) in [6, 6.07) is 2.08. The molecule has 0 heterocycles. The molecule has 1 aromatic rings. The maximum Gasteiger partial charge on any atom is 0.295 e. The van der Waals surface area contributed by atoms with Gasteiger partial charge in [0, 0.05) is 18.2 Å². The quantitative estimate of drug-likeness (QED) is 0.506. The monoisotopic (exact) mass is 297 g/mol. The Labute approximate surface area is 122 Å². The van der Waals surface area contributed by atoms with Crippen molar-refractivity contribution in [1.82, 2.24) is 0 Å². The van der Waals surface area contributed by atoms with Crippen LogP contribution in [0.4, 0.5) is 15.8 Å². The van der Waals surface area contributed by atoms with E-state index in [2.05, 4.69) is 5.32 Å². The van der Waals surface area contributed by atoms with E-state index in [1.165, 1.54) is 13.2 Å². The van der Waals surface area contributed by atoms with E-state index in [-0.39, 0.29) is 29.2 Å². The number of benzene rings is 1. The van der Waals surface area contributed by atoms with Gasteiger partial charge < -0.3 is 15.8 Å². The van der Waals surface area contributed by atoms with Crippen molar-refractivity contribution in [2.45, 2.75) is 44.2 Å². The minimum absolute atomic E-state index is 0.0229. The van der Waals surface area contributed by atoms with E-state index in [9.17, 15) is 14.5 Å². The van der Waals surface area contributed by atoms with E-state index in [0.717, 1.165) is 38.2 Å². The lowest BCUT2D eigenvalue weighted by atomic mass is 10.0. The number of nitro groups is 1. The normalized spacial score (nSPS) is 22.4. The van der Waals surface area contributed by atoms with E-state index in [0.29, 0.717) is 0 Å². The SMILES string of the molecule is COc1cc(NC2CCCCCC2N)c([N+](=O)[O-])cc1F. The first-order valence-electron chi connectivity index (χ1n) is 7.07. The molecule has 0 aromatic heterocycles. The molecule has 0 bridgehead atoms. The minimum Gasteiger partial charge on any atom is -0.494 e. The second-order valence-electron chi connectivity index (χ2n) is 5.31. The van der Waals surface area contributed by atoms with Crippen molar-refractivity contribution in [3.8, 4) is 5.75 Å². The van der Waals surface area contributed by atoms with Crippen molar-refractivity contribution in [3.63, 3.8) is 0 Å². The van der Waals surface area contributed by atoms with E-state index in [4.69, 9.17) is 10.5 Å². The summed E-state index contributed by atoms with van der Waals surface area (Å²) in [4.78, 5) is 10.5. The Hall–Kier alpha value is -1.89. The molecule has 0 saturated heterocycles. The molecule has 2 rings (SSSR count). The lowest BCUT2D eigenvalue weighted by molar-refractivity contribution is -0.384. The molecule has 1 aromatic carbocycles. The Kier molecular flexibility index (Phi) is 4.95. The first-order chi connectivity index (χ1) is 10.0. The number of anilines is 1. The predicted octanol–water partition coefficient (Wildman–Crippen LogP) is 2.81. The van der Waals surface area contributed by atoms with E-state index in [1.54, 1.807) is 0 Å². The van der Waals surface area contributed by atoms with Gasteiger partial charge in [-0.3, -0.25) is 10.1 Å². The zero-order chi connectivity index (χ0) is 15.4. The molecular weight excluding hydrogens is 277 g/mol. The van der Waals surface area contributed by atoms with Crippen LogP contribution in [0.3, 0.4) is 0 Å². The van der Waals surface area contributed by atoms with Crippen LogP contribution in [0.1, 0.15) is 32.1 Å². The topological polar surface area (TPSA) is 90.4 Å². The number of rotatable bonds is 4. The van der Waals surface area contributed by atoms with Gasteiger partial charge in [0.15, 0.2) is 11.6 Å². The predicted molar refractivity (Wildman–Crippen MR) is 78.1 cm³/mol. The van der Waals surface area contributed by atoms with Gasteiger partial charge in [0.05, 0.1) is 18.1 Å². The number of nitrogens with one attached hydrogen (secondary N) is 1. The zero-order valence-corrected chi connectivity index (χ0v) is 12.0. The summed E-state index contributed by atoms with van der Waals surface area (Å²) < 4.78 is 18.5. The number of nitrogens with zero attached hydrogens (tertiary/aromatic N) is 1. The summed E-state index contributed by atoms with van der Waals surface area (Å²) in [7, 11) is 1.32. The second kappa shape index (κ2) is 6.71. The van der Waals surface area contributed by atoms with Gasteiger partial charge in [-0.15, -0.1) is 0 Å². The van der Waals surface area contributed by atoms with Crippen LogP contribution < -0.4 is 15.8 Å². The van der Waals surface area contributed by atoms with Crippen molar-refractivity contribution in [3.05, 3.63) is 28.1 Å². The highest BCUT2D eigenvalue weighted by atomic mass is 19.1. The van der Waals surface area contributed by atoms with Crippen molar-refractivity contribution in [2.24, 2.45) is 5.73 Å². The Morgan fingerprint density at radius 3 is 2.76 bits per heavy atom. The average molecular weight is 297 g/mol. The third-order valence-electron chi connectivity index (χ3n) is 3.88. The van der Waals surface area contributed by atoms with Gasteiger partial charge in [-0.2, -0.15) is 0 Å². The number of nitrogens with two attached hydrogens (primary N) is 1. The molecule has 116 valence electrons. The summed E-state index contributed by atoms with van der Waals surface area (Å²) in [6.07, 6.45) is 4.92. The van der Waals surface area contributed by atoms with Crippen LogP contribution in [0.5, 0.6) is 5.75 Å².